The Labute approximate surface area is 189 Å². The van der Waals surface area contributed by atoms with E-state index in [0.29, 0.717) is 13.1 Å². The van der Waals surface area contributed by atoms with Crippen LogP contribution in [-0.2, 0) is 11.3 Å². The Kier molecular flexibility index (Phi) is 6.83. The Bertz CT molecular complexity index is 996. The lowest BCUT2D eigenvalue weighted by atomic mass is 10.1. The molecule has 2 N–H and O–H groups in total. The number of alkyl carbamates (subject to hydrolysis) is 1. The molecule has 3 rings (SSSR count). The Balaban J connectivity index is 1.91. The van der Waals surface area contributed by atoms with Gasteiger partial charge in [0.2, 0.25) is 5.95 Å². The number of carbonyl (C=O) groups excluding carboxylic acids is 1. The van der Waals surface area contributed by atoms with E-state index in [2.05, 4.69) is 20.9 Å². The summed E-state index contributed by atoms with van der Waals surface area (Å²) in [4.78, 5) is 17.8. The second kappa shape index (κ2) is 9.09. The van der Waals surface area contributed by atoms with Crippen LogP contribution in [-0.4, -0.2) is 52.6 Å². The second-order valence-electron chi connectivity index (χ2n) is 9.79. The summed E-state index contributed by atoms with van der Waals surface area (Å²) in [6.45, 7) is 11.6. The van der Waals surface area contributed by atoms with Crippen LogP contribution in [0.15, 0.2) is 29.8 Å². The van der Waals surface area contributed by atoms with Gasteiger partial charge < -0.3 is 24.7 Å². The summed E-state index contributed by atoms with van der Waals surface area (Å²) >= 11 is 0. The fourth-order valence-corrected chi connectivity index (χ4v) is 3.80. The van der Waals surface area contributed by atoms with E-state index in [9.17, 15) is 15.2 Å². The number of aromatic nitrogens is 2. The molecule has 2 heterocycles. The summed E-state index contributed by atoms with van der Waals surface area (Å²) in [6.07, 6.45) is 3.46. The number of hydrogen-bond donors (Lipinski definition) is 2. The molecule has 1 amide bonds. The van der Waals surface area contributed by atoms with E-state index >= 15 is 0 Å². The number of imidazole rings is 1. The number of quaternary nitrogens is 1. The highest BCUT2D eigenvalue weighted by Gasteiger charge is 2.27. The number of allylic oxidation sites excluding steroid dienone is 2. The molecular weight excluding hydrogens is 410 g/mol. The highest BCUT2D eigenvalue weighted by Crippen LogP contribution is 2.30. The van der Waals surface area contributed by atoms with Crippen molar-refractivity contribution in [2.75, 3.05) is 25.0 Å². The summed E-state index contributed by atoms with van der Waals surface area (Å²) in [7, 11) is 1.18. The van der Waals surface area contributed by atoms with Gasteiger partial charge in [-0.3, -0.25) is 0 Å². The molecule has 9 heteroatoms. The van der Waals surface area contributed by atoms with Crippen LogP contribution in [0.25, 0.3) is 11.0 Å². The first-order chi connectivity index (χ1) is 14.8. The van der Waals surface area contributed by atoms with Gasteiger partial charge in [-0.05, 0) is 53.5 Å². The maximum absolute atomic E-state index is 12.3. The van der Waals surface area contributed by atoms with Gasteiger partial charge in [-0.2, -0.15) is 4.81 Å². The van der Waals surface area contributed by atoms with Crippen molar-refractivity contribution in [3.05, 3.63) is 35.1 Å². The van der Waals surface area contributed by atoms with Gasteiger partial charge in [0.15, 0.2) is 5.69 Å². The third kappa shape index (κ3) is 5.99. The number of ether oxygens (including phenoxy) is 1. The molecule has 0 aliphatic carbocycles. The van der Waals surface area contributed by atoms with Crippen LogP contribution in [0.3, 0.4) is 0 Å². The van der Waals surface area contributed by atoms with Crippen LogP contribution in [0.4, 0.5) is 16.4 Å². The molecule has 1 aromatic heterocycles. The molecule has 176 valence electrons. The van der Waals surface area contributed by atoms with Gasteiger partial charge in [0.05, 0.1) is 11.0 Å². The van der Waals surface area contributed by atoms with Crippen molar-refractivity contribution >= 4 is 28.8 Å². The number of hydrogen-bond acceptors (Lipinski definition) is 6. The fraction of sp³-hybridized carbons (Fsp3) is 0.565. The van der Waals surface area contributed by atoms with E-state index in [0.717, 1.165) is 36.4 Å². The van der Waals surface area contributed by atoms with Crippen molar-refractivity contribution < 1.29 is 14.7 Å². The van der Waals surface area contributed by atoms with Crippen molar-refractivity contribution in [2.24, 2.45) is 0 Å². The fourth-order valence-electron chi connectivity index (χ4n) is 3.80. The SMILES string of the molecule is CC(C)=CCn1c(N2CCC[C@@H](NC(=O)OC(C)(C)C)C2)nc2ccc([N+](C)([O-])O)cc21. The molecule has 0 bridgehead atoms. The minimum atomic E-state index is -1.50. The lowest BCUT2D eigenvalue weighted by Gasteiger charge is -2.34. The van der Waals surface area contributed by atoms with Gasteiger partial charge in [-0.15, -0.1) is 0 Å². The highest BCUT2D eigenvalue weighted by atomic mass is 16.8. The number of piperidine rings is 1. The van der Waals surface area contributed by atoms with E-state index < -0.39 is 16.5 Å². The van der Waals surface area contributed by atoms with E-state index in [4.69, 9.17) is 9.72 Å². The molecule has 0 saturated carbocycles. The highest BCUT2D eigenvalue weighted by molar-refractivity contribution is 5.82. The lowest BCUT2D eigenvalue weighted by molar-refractivity contribution is -0.00432. The van der Waals surface area contributed by atoms with Crippen molar-refractivity contribution in [3.63, 3.8) is 0 Å². The second-order valence-corrected chi connectivity index (χ2v) is 9.79. The Morgan fingerprint density at radius 2 is 2.12 bits per heavy atom. The largest absolute Gasteiger partial charge is 0.593 e. The lowest BCUT2D eigenvalue weighted by Crippen LogP contribution is -2.49. The van der Waals surface area contributed by atoms with Crippen molar-refractivity contribution in [1.29, 1.82) is 0 Å². The Hall–Kier alpha value is -2.62. The predicted molar refractivity (Wildman–Crippen MR) is 127 cm³/mol. The van der Waals surface area contributed by atoms with E-state index in [1.165, 1.54) is 12.6 Å². The van der Waals surface area contributed by atoms with E-state index in [-0.39, 0.29) is 11.7 Å². The molecule has 1 aromatic carbocycles. The topological polar surface area (TPSA) is 103 Å². The van der Waals surface area contributed by atoms with Gasteiger partial charge >= 0.3 is 6.09 Å². The zero-order chi connectivity index (χ0) is 23.7. The summed E-state index contributed by atoms with van der Waals surface area (Å²) < 4.78 is 7.46. The molecule has 0 spiro atoms. The summed E-state index contributed by atoms with van der Waals surface area (Å²) in [5.74, 6) is 0.781. The monoisotopic (exact) mass is 445 g/mol. The van der Waals surface area contributed by atoms with Crippen molar-refractivity contribution in [2.45, 2.75) is 65.6 Å². The summed E-state index contributed by atoms with van der Waals surface area (Å²) in [6, 6.07) is 5.00. The molecule has 1 saturated heterocycles. The maximum Gasteiger partial charge on any atom is 0.407 e. The van der Waals surface area contributed by atoms with E-state index in [1.54, 1.807) is 18.2 Å². The van der Waals surface area contributed by atoms with Crippen LogP contribution in [0.2, 0.25) is 0 Å². The van der Waals surface area contributed by atoms with Crippen molar-refractivity contribution in [1.82, 2.24) is 19.7 Å². The van der Waals surface area contributed by atoms with Crippen LogP contribution in [0.1, 0.15) is 47.5 Å². The van der Waals surface area contributed by atoms with Crippen LogP contribution in [0, 0.1) is 5.21 Å². The van der Waals surface area contributed by atoms with Crippen LogP contribution >= 0.6 is 0 Å². The van der Waals surface area contributed by atoms with Gasteiger partial charge in [-0.25, -0.2) is 15.0 Å². The summed E-state index contributed by atoms with van der Waals surface area (Å²) in [5, 5.41) is 24.9. The van der Waals surface area contributed by atoms with Crippen molar-refractivity contribution in [3.8, 4) is 0 Å². The minimum Gasteiger partial charge on any atom is -0.593 e. The molecule has 32 heavy (non-hydrogen) atoms. The predicted octanol–water partition coefficient (Wildman–Crippen LogP) is 4.32. The van der Waals surface area contributed by atoms with Gasteiger partial charge in [0, 0.05) is 37.8 Å². The minimum absolute atomic E-state index is 0.0510. The molecule has 1 aliphatic heterocycles. The smallest absolute Gasteiger partial charge is 0.407 e. The molecule has 2 aromatic rings. The molecular formula is C23H35N5O4. The Morgan fingerprint density at radius 3 is 2.75 bits per heavy atom. The first-order valence-corrected chi connectivity index (χ1v) is 11.0. The number of hydroxylamine groups is 2. The molecule has 1 fully saturated rings. The van der Waals surface area contributed by atoms with Gasteiger partial charge in [0.1, 0.15) is 12.6 Å². The van der Waals surface area contributed by atoms with Gasteiger partial charge in [-0.1, -0.05) is 11.6 Å². The van der Waals surface area contributed by atoms with Gasteiger partial charge in [0.25, 0.3) is 0 Å². The average molecular weight is 446 g/mol. The number of carbonyl (C=O) groups is 1. The van der Waals surface area contributed by atoms with Crippen LogP contribution < -0.4 is 15.0 Å². The zero-order valence-corrected chi connectivity index (χ0v) is 19.9. The number of amides is 1. The molecule has 1 aliphatic rings. The maximum atomic E-state index is 12.3. The number of rotatable bonds is 5. The number of nitrogens with one attached hydrogen (secondary N) is 1. The zero-order valence-electron chi connectivity index (χ0n) is 19.9. The number of anilines is 1. The summed E-state index contributed by atoms with van der Waals surface area (Å²) in [5.41, 5.74) is 2.40. The molecule has 0 radical (unpaired) electrons. The third-order valence-corrected chi connectivity index (χ3v) is 5.30. The average Bonchev–Trinajstić information content (AvgIpc) is 3.02. The number of benzene rings is 1. The van der Waals surface area contributed by atoms with E-state index in [1.807, 2.05) is 34.6 Å². The number of nitrogens with zero attached hydrogens (tertiary/aromatic N) is 4. The number of fused-ring (bicyclic) bond motifs is 1. The quantitative estimate of drug-likeness (QED) is 0.404. The normalized spacial score (nSPS) is 18.9. The molecule has 9 nitrogen and oxygen atoms in total. The first-order valence-electron chi connectivity index (χ1n) is 11.0. The third-order valence-electron chi connectivity index (χ3n) is 5.30. The first kappa shape index (κ1) is 24.0. The van der Waals surface area contributed by atoms with Crippen LogP contribution in [0.5, 0.6) is 0 Å². The molecule has 2 atom stereocenters. The Morgan fingerprint density at radius 1 is 1.41 bits per heavy atom. The molecule has 1 unspecified atom stereocenters. The standard InChI is InChI=1S/C23H35N5O4/c1-16(2)11-13-27-20-14-18(28(6,30)31)9-10-19(20)25-21(27)26-12-7-8-17(15-26)24-22(29)32-23(3,4)5/h9-11,14,17,30H,7-8,12-13,15H2,1-6H3,(H,24,29)/t17-/m1/s1.